The van der Waals surface area contributed by atoms with Crippen molar-refractivity contribution in [2.24, 2.45) is 0 Å². The lowest BCUT2D eigenvalue weighted by Crippen LogP contribution is -2.49. The normalized spacial score (nSPS) is 17.7. The maximum Gasteiger partial charge on any atom is 0.337 e. The highest BCUT2D eigenvalue weighted by Crippen LogP contribution is 2.14. The van der Waals surface area contributed by atoms with Gasteiger partial charge in [0.25, 0.3) is 0 Å². The number of β-amino-alcohol motifs (C(OH)–C–C–N with tert-alkyl or cyclic N) is 1. The molecule has 0 saturated carbocycles. The fourth-order valence-corrected chi connectivity index (χ4v) is 2.66. The van der Waals surface area contributed by atoms with Gasteiger partial charge in [-0.25, -0.2) is 4.79 Å². The zero-order valence-corrected chi connectivity index (χ0v) is 13.9. The Hall–Kier alpha value is -1.63. The number of hydrogen-bond acceptors (Lipinski definition) is 6. The van der Waals surface area contributed by atoms with Crippen LogP contribution in [0, 0.1) is 0 Å². The zero-order valence-electron chi connectivity index (χ0n) is 13.9. The van der Waals surface area contributed by atoms with Crippen LogP contribution >= 0.6 is 0 Å². The van der Waals surface area contributed by atoms with E-state index in [0.717, 1.165) is 32.7 Å². The Morgan fingerprint density at radius 1 is 1.26 bits per heavy atom. The molecular formula is C17H26N2O4. The van der Waals surface area contributed by atoms with Crippen LogP contribution in [0.3, 0.4) is 0 Å². The van der Waals surface area contributed by atoms with Crippen LogP contribution in [0.2, 0.25) is 0 Å². The molecule has 0 bridgehead atoms. The highest BCUT2D eigenvalue weighted by atomic mass is 16.5. The third kappa shape index (κ3) is 5.49. The average Bonchev–Trinajstić information content (AvgIpc) is 2.60. The number of ether oxygens (including phenoxy) is 2. The Morgan fingerprint density at radius 3 is 2.61 bits per heavy atom. The number of piperazine rings is 1. The standard InChI is InChI=1S/C17H26N2O4/c1-3-18-7-9-19(10-8-18)12-15(20)13-23-16-6-4-5-14(11-16)17(21)22-2/h4-6,11,15,20H,3,7-10,12-13H2,1-2H3/t15-/m0/s1. The van der Waals surface area contributed by atoms with E-state index in [0.29, 0.717) is 17.9 Å². The number of carbonyl (C=O) groups is 1. The van der Waals surface area contributed by atoms with Gasteiger partial charge in [-0.15, -0.1) is 0 Å². The third-order valence-corrected chi connectivity index (χ3v) is 4.08. The van der Waals surface area contributed by atoms with Crippen LogP contribution in [0.4, 0.5) is 0 Å². The minimum atomic E-state index is -0.551. The van der Waals surface area contributed by atoms with Crippen molar-refractivity contribution >= 4 is 5.97 Å². The lowest BCUT2D eigenvalue weighted by atomic mass is 10.2. The van der Waals surface area contributed by atoms with Crippen molar-refractivity contribution < 1.29 is 19.4 Å². The molecule has 0 spiro atoms. The molecule has 0 unspecified atom stereocenters. The molecule has 0 amide bonds. The van der Waals surface area contributed by atoms with Gasteiger partial charge in [-0.2, -0.15) is 0 Å². The monoisotopic (exact) mass is 322 g/mol. The van der Waals surface area contributed by atoms with Crippen molar-refractivity contribution in [3.05, 3.63) is 29.8 Å². The van der Waals surface area contributed by atoms with Crippen molar-refractivity contribution in [2.45, 2.75) is 13.0 Å². The van der Waals surface area contributed by atoms with Gasteiger partial charge in [0.1, 0.15) is 18.5 Å². The van der Waals surface area contributed by atoms with Gasteiger partial charge in [0.2, 0.25) is 0 Å². The molecule has 1 aliphatic rings. The number of rotatable bonds is 7. The summed E-state index contributed by atoms with van der Waals surface area (Å²) in [7, 11) is 1.35. The molecule has 128 valence electrons. The van der Waals surface area contributed by atoms with E-state index in [-0.39, 0.29) is 6.61 Å². The number of benzene rings is 1. The quantitative estimate of drug-likeness (QED) is 0.751. The van der Waals surface area contributed by atoms with Gasteiger partial charge in [-0.3, -0.25) is 4.90 Å². The van der Waals surface area contributed by atoms with Crippen molar-refractivity contribution in [1.29, 1.82) is 0 Å². The Morgan fingerprint density at radius 2 is 1.96 bits per heavy atom. The van der Waals surface area contributed by atoms with E-state index in [1.165, 1.54) is 7.11 Å². The van der Waals surface area contributed by atoms with Gasteiger partial charge in [0.15, 0.2) is 0 Å². The summed E-state index contributed by atoms with van der Waals surface area (Å²) in [5, 5.41) is 10.1. The second-order valence-electron chi connectivity index (χ2n) is 5.72. The smallest absolute Gasteiger partial charge is 0.337 e. The Bertz CT molecular complexity index is 501. The topological polar surface area (TPSA) is 62.2 Å². The summed E-state index contributed by atoms with van der Waals surface area (Å²) < 4.78 is 10.3. The first-order valence-electron chi connectivity index (χ1n) is 8.06. The molecule has 1 heterocycles. The number of carbonyl (C=O) groups excluding carboxylic acids is 1. The number of likely N-dealkylation sites (N-methyl/N-ethyl adjacent to an activating group) is 1. The van der Waals surface area contributed by atoms with Crippen molar-refractivity contribution in [1.82, 2.24) is 9.80 Å². The van der Waals surface area contributed by atoms with Crippen LogP contribution in [-0.4, -0.2) is 80.0 Å². The van der Waals surface area contributed by atoms with Crippen LogP contribution in [0.1, 0.15) is 17.3 Å². The molecule has 1 saturated heterocycles. The molecule has 23 heavy (non-hydrogen) atoms. The van der Waals surface area contributed by atoms with E-state index >= 15 is 0 Å². The van der Waals surface area contributed by atoms with Crippen LogP contribution in [-0.2, 0) is 4.74 Å². The first kappa shape index (κ1) is 17.7. The average molecular weight is 322 g/mol. The van der Waals surface area contributed by atoms with Gasteiger partial charge in [-0.05, 0) is 24.7 Å². The summed E-state index contributed by atoms with van der Waals surface area (Å²) in [6.07, 6.45) is -0.551. The molecule has 6 nitrogen and oxygen atoms in total. The minimum Gasteiger partial charge on any atom is -0.491 e. The molecule has 1 aromatic rings. The molecular weight excluding hydrogens is 296 g/mol. The molecule has 6 heteroatoms. The van der Waals surface area contributed by atoms with Crippen LogP contribution < -0.4 is 4.74 Å². The number of methoxy groups -OCH3 is 1. The second kappa shape index (κ2) is 8.86. The summed E-state index contributed by atoms with van der Waals surface area (Å²) in [6.45, 7) is 8.10. The number of hydrogen-bond donors (Lipinski definition) is 1. The number of nitrogens with zero attached hydrogens (tertiary/aromatic N) is 2. The van der Waals surface area contributed by atoms with E-state index in [1.54, 1.807) is 24.3 Å². The number of esters is 1. The predicted molar refractivity (Wildman–Crippen MR) is 87.8 cm³/mol. The predicted octanol–water partition coefficient (Wildman–Crippen LogP) is 0.850. The fourth-order valence-electron chi connectivity index (χ4n) is 2.66. The van der Waals surface area contributed by atoms with Crippen LogP contribution in [0.25, 0.3) is 0 Å². The van der Waals surface area contributed by atoms with Gasteiger partial charge >= 0.3 is 5.97 Å². The number of aliphatic hydroxyl groups excluding tert-OH is 1. The van der Waals surface area contributed by atoms with Crippen molar-refractivity contribution in [2.75, 3.05) is 53.0 Å². The molecule has 1 atom stereocenters. The summed E-state index contributed by atoms with van der Waals surface area (Å²) >= 11 is 0. The number of aliphatic hydroxyl groups is 1. The Labute approximate surface area is 137 Å². The van der Waals surface area contributed by atoms with Crippen molar-refractivity contribution in [3.63, 3.8) is 0 Å². The highest BCUT2D eigenvalue weighted by molar-refractivity contribution is 5.89. The first-order valence-corrected chi connectivity index (χ1v) is 8.06. The zero-order chi connectivity index (χ0) is 16.7. The Kier molecular flexibility index (Phi) is 6.83. The van der Waals surface area contributed by atoms with E-state index in [4.69, 9.17) is 4.74 Å². The summed E-state index contributed by atoms with van der Waals surface area (Å²) in [5.74, 6) is 0.160. The summed E-state index contributed by atoms with van der Waals surface area (Å²) in [5.41, 5.74) is 0.440. The molecule has 2 rings (SSSR count). The van der Waals surface area contributed by atoms with Gasteiger partial charge in [0.05, 0.1) is 12.7 Å². The first-order chi connectivity index (χ1) is 11.1. The van der Waals surface area contributed by atoms with Gasteiger partial charge in [-0.1, -0.05) is 13.0 Å². The maximum atomic E-state index is 11.5. The van der Waals surface area contributed by atoms with E-state index in [9.17, 15) is 9.90 Å². The SMILES string of the molecule is CCN1CCN(C[C@H](O)COc2cccc(C(=O)OC)c2)CC1. The van der Waals surface area contributed by atoms with E-state index < -0.39 is 12.1 Å². The van der Waals surface area contributed by atoms with Crippen LogP contribution in [0.15, 0.2) is 24.3 Å². The maximum absolute atomic E-state index is 11.5. The van der Waals surface area contributed by atoms with Crippen molar-refractivity contribution in [3.8, 4) is 5.75 Å². The molecule has 0 aromatic heterocycles. The lowest BCUT2D eigenvalue weighted by molar-refractivity contribution is 0.0470. The highest BCUT2D eigenvalue weighted by Gasteiger charge is 2.18. The molecule has 1 fully saturated rings. The second-order valence-corrected chi connectivity index (χ2v) is 5.72. The van der Waals surface area contributed by atoms with E-state index in [2.05, 4.69) is 21.5 Å². The third-order valence-electron chi connectivity index (χ3n) is 4.08. The summed E-state index contributed by atoms with van der Waals surface area (Å²) in [4.78, 5) is 16.1. The largest absolute Gasteiger partial charge is 0.491 e. The summed E-state index contributed by atoms with van der Waals surface area (Å²) in [6, 6.07) is 6.79. The molecule has 1 aliphatic heterocycles. The molecule has 1 aromatic carbocycles. The molecule has 0 radical (unpaired) electrons. The van der Waals surface area contributed by atoms with Crippen LogP contribution in [0.5, 0.6) is 5.75 Å². The van der Waals surface area contributed by atoms with E-state index in [1.807, 2.05) is 0 Å². The minimum absolute atomic E-state index is 0.207. The van der Waals surface area contributed by atoms with Gasteiger partial charge < -0.3 is 19.5 Å². The molecule has 1 N–H and O–H groups in total. The Balaban J connectivity index is 1.76. The molecule has 0 aliphatic carbocycles. The lowest BCUT2D eigenvalue weighted by Gasteiger charge is -2.34. The fraction of sp³-hybridized carbons (Fsp3) is 0.588. The van der Waals surface area contributed by atoms with Gasteiger partial charge in [0, 0.05) is 32.7 Å².